The maximum atomic E-state index is 11.8. The van der Waals surface area contributed by atoms with E-state index in [4.69, 9.17) is 4.74 Å². The highest BCUT2D eigenvalue weighted by Gasteiger charge is 2.24. The van der Waals surface area contributed by atoms with E-state index in [2.05, 4.69) is 24.1 Å². The molecule has 1 N–H and O–H groups in total. The minimum atomic E-state index is -0.0594. The summed E-state index contributed by atoms with van der Waals surface area (Å²) in [6.07, 6.45) is 6.87. The lowest BCUT2D eigenvalue weighted by Gasteiger charge is -2.35. The summed E-state index contributed by atoms with van der Waals surface area (Å²) in [4.78, 5) is 14.1. The second kappa shape index (κ2) is 10.2. The first-order valence-electron chi connectivity index (χ1n) is 7.88. The minimum absolute atomic E-state index is 0.0594. The van der Waals surface area contributed by atoms with Crippen molar-refractivity contribution >= 4 is 5.97 Å². The molecule has 0 radical (unpaired) electrons. The van der Waals surface area contributed by atoms with Crippen LogP contribution in [0.2, 0.25) is 0 Å². The normalized spacial score (nSPS) is 20.4. The van der Waals surface area contributed by atoms with Gasteiger partial charge >= 0.3 is 5.97 Å². The Balaban J connectivity index is 2.28. The number of unbranched alkanes of at least 4 members (excludes halogenated alkanes) is 1. The van der Waals surface area contributed by atoms with Gasteiger partial charge in [-0.2, -0.15) is 0 Å². The maximum absolute atomic E-state index is 11.8. The second-order valence-corrected chi connectivity index (χ2v) is 5.40. The highest BCUT2D eigenvalue weighted by molar-refractivity contribution is 5.71. The molecule has 1 atom stereocenters. The first kappa shape index (κ1) is 16.4. The van der Waals surface area contributed by atoms with Crippen LogP contribution in [0.15, 0.2) is 0 Å². The number of esters is 1. The summed E-state index contributed by atoms with van der Waals surface area (Å²) >= 11 is 0. The van der Waals surface area contributed by atoms with E-state index in [1.165, 1.54) is 19.3 Å². The number of nitrogens with zero attached hydrogens (tertiary/aromatic N) is 1. The molecule has 1 unspecified atom stereocenters. The van der Waals surface area contributed by atoms with Gasteiger partial charge in [0.1, 0.15) is 0 Å². The first-order chi connectivity index (χ1) is 9.27. The molecule has 1 heterocycles. The van der Waals surface area contributed by atoms with Gasteiger partial charge in [0.05, 0.1) is 13.2 Å². The van der Waals surface area contributed by atoms with Crippen LogP contribution in [0.3, 0.4) is 0 Å². The predicted molar refractivity (Wildman–Crippen MR) is 78.2 cm³/mol. The van der Waals surface area contributed by atoms with Crippen molar-refractivity contribution in [2.75, 3.05) is 32.8 Å². The molecule has 1 rings (SSSR count). The Hall–Kier alpha value is -0.610. The molecule has 0 spiro atoms. The van der Waals surface area contributed by atoms with Crippen molar-refractivity contribution in [2.24, 2.45) is 0 Å². The molecule has 0 bridgehead atoms. The summed E-state index contributed by atoms with van der Waals surface area (Å²) in [6, 6.07) is 0.499. The summed E-state index contributed by atoms with van der Waals surface area (Å²) in [5.74, 6) is -0.0594. The summed E-state index contributed by atoms with van der Waals surface area (Å²) in [5.41, 5.74) is 0. The number of hydrogen-bond acceptors (Lipinski definition) is 4. The van der Waals surface area contributed by atoms with Gasteiger partial charge in [0.25, 0.3) is 0 Å². The highest BCUT2D eigenvalue weighted by Crippen LogP contribution is 2.16. The Bertz CT molecular complexity index is 246. The van der Waals surface area contributed by atoms with Crippen molar-refractivity contribution in [3.8, 4) is 0 Å². The summed E-state index contributed by atoms with van der Waals surface area (Å²) in [6.45, 7) is 8.40. The van der Waals surface area contributed by atoms with Crippen molar-refractivity contribution in [1.82, 2.24) is 10.2 Å². The molecule has 0 aliphatic carbocycles. The van der Waals surface area contributed by atoms with Crippen molar-refractivity contribution in [3.63, 3.8) is 0 Å². The molecule has 0 aromatic heterocycles. The molecule has 4 heteroatoms. The van der Waals surface area contributed by atoms with Crippen molar-refractivity contribution in [1.29, 1.82) is 0 Å². The molecule has 1 aliphatic rings. The van der Waals surface area contributed by atoms with Crippen molar-refractivity contribution in [3.05, 3.63) is 0 Å². The number of hydrogen-bond donors (Lipinski definition) is 1. The fraction of sp³-hybridized carbons (Fsp3) is 0.933. The number of nitrogens with one attached hydrogen (secondary N) is 1. The molecule has 0 aromatic rings. The van der Waals surface area contributed by atoms with Gasteiger partial charge in [-0.05, 0) is 38.8 Å². The molecule has 0 aromatic carbocycles. The number of ether oxygens (including phenoxy) is 1. The minimum Gasteiger partial charge on any atom is -0.465 e. The van der Waals surface area contributed by atoms with E-state index in [1.807, 2.05) is 0 Å². The molecular weight excluding hydrogens is 240 g/mol. The molecule has 1 fully saturated rings. The van der Waals surface area contributed by atoms with Crippen LogP contribution in [-0.2, 0) is 9.53 Å². The standard InChI is InChI=1S/C15H30N2O2/c1-3-5-11-19-15(18)13-17-10-7-6-8-14(17)12-16-9-4-2/h14,16H,3-13H2,1-2H3. The third-order valence-electron chi connectivity index (χ3n) is 3.65. The van der Waals surface area contributed by atoms with Gasteiger partial charge in [0.15, 0.2) is 0 Å². The Kier molecular flexibility index (Phi) is 8.84. The zero-order valence-electron chi connectivity index (χ0n) is 12.6. The van der Waals surface area contributed by atoms with Crippen molar-refractivity contribution in [2.45, 2.75) is 58.4 Å². The van der Waals surface area contributed by atoms with Gasteiger partial charge in [0, 0.05) is 12.6 Å². The fourth-order valence-corrected chi connectivity index (χ4v) is 2.49. The first-order valence-corrected chi connectivity index (χ1v) is 7.88. The van der Waals surface area contributed by atoms with Gasteiger partial charge in [-0.1, -0.05) is 26.7 Å². The van der Waals surface area contributed by atoms with Crippen LogP contribution in [0.25, 0.3) is 0 Å². The summed E-state index contributed by atoms with van der Waals surface area (Å²) in [5, 5.41) is 3.47. The van der Waals surface area contributed by atoms with E-state index in [9.17, 15) is 4.79 Å². The molecule has 19 heavy (non-hydrogen) atoms. The molecule has 0 saturated carbocycles. The molecule has 112 valence electrons. The number of carbonyl (C=O) groups is 1. The average Bonchev–Trinajstić information content (AvgIpc) is 2.41. The van der Waals surface area contributed by atoms with E-state index in [-0.39, 0.29) is 5.97 Å². The van der Waals surface area contributed by atoms with Crippen LogP contribution in [-0.4, -0.2) is 49.7 Å². The highest BCUT2D eigenvalue weighted by atomic mass is 16.5. The second-order valence-electron chi connectivity index (χ2n) is 5.40. The predicted octanol–water partition coefficient (Wildman–Crippen LogP) is 2.18. The van der Waals surface area contributed by atoms with E-state index in [0.29, 0.717) is 19.2 Å². The smallest absolute Gasteiger partial charge is 0.320 e. The van der Waals surface area contributed by atoms with E-state index >= 15 is 0 Å². The zero-order chi connectivity index (χ0) is 13.9. The van der Waals surface area contributed by atoms with Crippen LogP contribution >= 0.6 is 0 Å². The third kappa shape index (κ3) is 6.92. The average molecular weight is 270 g/mol. The Morgan fingerprint density at radius 2 is 2.16 bits per heavy atom. The number of carbonyl (C=O) groups excluding carboxylic acids is 1. The van der Waals surface area contributed by atoms with Crippen LogP contribution < -0.4 is 5.32 Å². The van der Waals surface area contributed by atoms with Crippen molar-refractivity contribution < 1.29 is 9.53 Å². The maximum Gasteiger partial charge on any atom is 0.320 e. The van der Waals surface area contributed by atoms with Crippen LogP contribution in [0.4, 0.5) is 0 Å². The lowest BCUT2D eigenvalue weighted by molar-refractivity contribution is -0.146. The number of likely N-dealkylation sites (tertiary alicyclic amines) is 1. The lowest BCUT2D eigenvalue weighted by Crippen LogP contribution is -2.47. The monoisotopic (exact) mass is 270 g/mol. The molecular formula is C15H30N2O2. The fourth-order valence-electron chi connectivity index (χ4n) is 2.49. The SMILES string of the molecule is CCCCOC(=O)CN1CCCCC1CNCCC. The summed E-state index contributed by atoms with van der Waals surface area (Å²) < 4.78 is 5.26. The van der Waals surface area contributed by atoms with Gasteiger partial charge in [0.2, 0.25) is 0 Å². The lowest BCUT2D eigenvalue weighted by atomic mass is 10.0. The van der Waals surface area contributed by atoms with Crippen LogP contribution in [0.5, 0.6) is 0 Å². The van der Waals surface area contributed by atoms with E-state index < -0.39 is 0 Å². The van der Waals surface area contributed by atoms with E-state index in [1.54, 1.807) is 0 Å². The Labute approximate surface area is 117 Å². The molecule has 1 aliphatic heterocycles. The largest absolute Gasteiger partial charge is 0.465 e. The van der Waals surface area contributed by atoms with Gasteiger partial charge < -0.3 is 10.1 Å². The Morgan fingerprint density at radius 1 is 1.32 bits per heavy atom. The molecule has 0 amide bonds. The van der Waals surface area contributed by atoms with Gasteiger partial charge in [-0.25, -0.2) is 0 Å². The zero-order valence-corrected chi connectivity index (χ0v) is 12.6. The summed E-state index contributed by atoms with van der Waals surface area (Å²) in [7, 11) is 0. The third-order valence-corrected chi connectivity index (χ3v) is 3.65. The topological polar surface area (TPSA) is 41.6 Å². The molecule has 1 saturated heterocycles. The van der Waals surface area contributed by atoms with E-state index in [0.717, 1.165) is 38.9 Å². The van der Waals surface area contributed by atoms with Gasteiger partial charge in [-0.15, -0.1) is 0 Å². The number of rotatable bonds is 9. The van der Waals surface area contributed by atoms with Crippen LogP contribution in [0.1, 0.15) is 52.4 Å². The quantitative estimate of drug-likeness (QED) is 0.515. The Morgan fingerprint density at radius 3 is 2.89 bits per heavy atom. The van der Waals surface area contributed by atoms with Gasteiger partial charge in [-0.3, -0.25) is 9.69 Å². The molecule has 4 nitrogen and oxygen atoms in total. The van der Waals surface area contributed by atoms with Crippen LogP contribution in [0, 0.1) is 0 Å². The number of piperidine rings is 1.